The molecule has 3 heteroatoms. The van der Waals surface area contributed by atoms with Crippen LogP contribution < -0.4 is 4.90 Å². The van der Waals surface area contributed by atoms with E-state index < -0.39 is 5.60 Å². The molecule has 1 aromatic heterocycles. The van der Waals surface area contributed by atoms with Gasteiger partial charge in [0.1, 0.15) is 5.82 Å². The second-order valence-corrected chi connectivity index (χ2v) is 5.01. The number of hydrogen-bond donors (Lipinski definition) is 1. The van der Waals surface area contributed by atoms with E-state index >= 15 is 0 Å². The third-order valence-corrected chi connectivity index (χ3v) is 3.13. The molecule has 88 valence electrons. The van der Waals surface area contributed by atoms with Crippen LogP contribution in [0.4, 0.5) is 5.82 Å². The van der Waals surface area contributed by atoms with Crippen LogP contribution in [0.2, 0.25) is 0 Å². The predicted octanol–water partition coefficient (Wildman–Crippen LogP) is 2.30. The maximum atomic E-state index is 9.84. The van der Waals surface area contributed by atoms with E-state index in [1.54, 1.807) is 20.0 Å². The number of anilines is 1. The average Bonchev–Trinajstić information content (AvgIpc) is 2.29. The van der Waals surface area contributed by atoms with Crippen molar-refractivity contribution in [2.45, 2.75) is 38.7 Å². The van der Waals surface area contributed by atoms with E-state index in [0.29, 0.717) is 0 Å². The molecule has 2 rings (SSSR count). The zero-order chi connectivity index (χ0) is 11.6. The van der Waals surface area contributed by atoms with Crippen molar-refractivity contribution in [2.24, 2.45) is 0 Å². The summed E-state index contributed by atoms with van der Waals surface area (Å²) in [5.74, 6) is 1.03. The first-order valence-electron chi connectivity index (χ1n) is 6.01. The van der Waals surface area contributed by atoms with E-state index in [4.69, 9.17) is 0 Å². The van der Waals surface area contributed by atoms with Gasteiger partial charge >= 0.3 is 0 Å². The summed E-state index contributed by atoms with van der Waals surface area (Å²) >= 11 is 0. The highest BCUT2D eigenvalue weighted by Gasteiger charge is 2.17. The Morgan fingerprint density at radius 1 is 1.19 bits per heavy atom. The van der Waals surface area contributed by atoms with Crippen molar-refractivity contribution in [2.75, 3.05) is 18.0 Å². The topological polar surface area (TPSA) is 36.4 Å². The van der Waals surface area contributed by atoms with Gasteiger partial charge in [-0.2, -0.15) is 0 Å². The summed E-state index contributed by atoms with van der Waals surface area (Å²) in [6.45, 7) is 5.78. The van der Waals surface area contributed by atoms with Crippen LogP contribution in [0, 0.1) is 0 Å². The number of pyridine rings is 1. The van der Waals surface area contributed by atoms with E-state index in [9.17, 15) is 5.11 Å². The number of aromatic nitrogens is 1. The average molecular weight is 220 g/mol. The maximum absolute atomic E-state index is 9.84. The zero-order valence-electron chi connectivity index (χ0n) is 10.1. The van der Waals surface area contributed by atoms with Crippen molar-refractivity contribution >= 4 is 5.82 Å². The third-order valence-electron chi connectivity index (χ3n) is 3.13. The normalized spacial score (nSPS) is 17.6. The highest BCUT2D eigenvalue weighted by atomic mass is 16.3. The Labute approximate surface area is 97.1 Å². The Kier molecular flexibility index (Phi) is 3.15. The van der Waals surface area contributed by atoms with Crippen LogP contribution in [-0.4, -0.2) is 23.2 Å². The monoisotopic (exact) mass is 220 g/mol. The molecule has 1 aliphatic heterocycles. The smallest absolute Gasteiger partial charge is 0.128 e. The fourth-order valence-electron chi connectivity index (χ4n) is 2.06. The minimum Gasteiger partial charge on any atom is -0.386 e. The van der Waals surface area contributed by atoms with Crippen molar-refractivity contribution in [1.29, 1.82) is 0 Å². The predicted molar refractivity (Wildman–Crippen MR) is 65.5 cm³/mol. The van der Waals surface area contributed by atoms with Gasteiger partial charge in [0.25, 0.3) is 0 Å². The van der Waals surface area contributed by atoms with Gasteiger partial charge in [-0.3, -0.25) is 0 Å². The number of piperidine rings is 1. The van der Waals surface area contributed by atoms with Crippen molar-refractivity contribution in [3.63, 3.8) is 0 Å². The van der Waals surface area contributed by atoms with Crippen molar-refractivity contribution in [3.8, 4) is 0 Å². The summed E-state index contributed by atoms with van der Waals surface area (Å²) < 4.78 is 0. The first-order valence-corrected chi connectivity index (χ1v) is 6.01. The molecule has 1 aliphatic rings. The molecule has 0 atom stereocenters. The minimum absolute atomic E-state index is 0.798. The minimum atomic E-state index is -0.798. The van der Waals surface area contributed by atoms with Crippen LogP contribution >= 0.6 is 0 Å². The Hall–Kier alpha value is -1.09. The molecule has 1 fully saturated rings. The molecule has 0 bridgehead atoms. The second-order valence-electron chi connectivity index (χ2n) is 5.01. The summed E-state index contributed by atoms with van der Waals surface area (Å²) in [7, 11) is 0. The summed E-state index contributed by atoms with van der Waals surface area (Å²) in [5, 5.41) is 9.84. The molecule has 16 heavy (non-hydrogen) atoms. The van der Waals surface area contributed by atoms with Crippen LogP contribution in [-0.2, 0) is 5.60 Å². The van der Waals surface area contributed by atoms with Gasteiger partial charge in [0.2, 0.25) is 0 Å². The fraction of sp³-hybridized carbons (Fsp3) is 0.615. The molecular formula is C13H20N2O. The molecule has 0 saturated carbocycles. The van der Waals surface area contributed by atoms with Gasteiger partial charge < -0.3 is 10.0 Å². The van der Waals surface area contributed by atoms with Gasteiger partial charge in [0.15, 0.2) is 0 Å². The summed E-state index contributed by atoms with van der Waals surface area (Å²) in [5.41, 5.74) is 0.0706. The lowest BCUT2D eigenvalue weighted by Crippen LogP contribution is -2.30. The number of hydrogen-bond acceptors (Lipinski definition) is 3. The van der Waals surface area contributed by atoms with Gasteiger partial charge in [-0.1, -0.05) is 6.07 Å². The van der Waals surface area contributed by atoms with E-state index in [2.05, 4.69) is 9.88 Å². The second kappa shape index (κ2) is 4.42. The van der Waals surface area contributed by atoms with E-state index in [1.807, 2.05) is 12.1 Å². The summed E-state index contributed by atoms with van der Waals surface area (Å²) in [4.78, 5) is 6.75. The highest BCUT2D eigenvalue weighted by Crippen LogP contribution is 2.22. The van der Waals surface area contributed by atoms with Gasteiger partial charge in [-0.15, -0.1) is 0 Å². The fourth-order valence-corrected chi connectivity index (χ4v) is 2.06. The number of aliphatic hydroxyl groups is 1. The lowest BCUT2D eigenvalue weighted by Gasteiger charge is -2.28. The first kappa shape index (κ1) is 11.4. The molecule has 3 nitrogen and oxygen atoms in total. The maximum Gasteiger partial charge on any atom is 0.128 e. The van der Waals surface area contributed by atoms with Gasteiger partial charge in [0, 0.05) is 24.8 Å². The molecule has 0 spiro atoms. The molecule has 1 saturated heterocycles. The number of rotatable bonds is 2. The van der Waals surface area contributed by atoms with Crippen molar-refractivity contribution < 1.29 is 5.11 Å². The molecule has 0 unspecified atom stereocenters. The third kappa shape index (κ3) is 2.53. The van der Waals surface area contributed by atoms with Crippen molar-refractivity contribution in [3.05, 3.63) is 23.9 Å². The zero-order valence-corrected chi connectivity index (χ0v) is 10.1. The Balaban J connectivity index is 2.12. The Morgan fingerprint density at radius 2 is 1.88 bits per heavy atom. The Bertz CT molecular complexity index is 334. The lowest BCUT2D eigenvalue weighted by atomic mass is 10.0. The summed E-state index contributed by atoms with van der Waals surface area (Å²) in [6, 6.07) is 3.98. The highest BCUT2D eigenvalue weighted by molar-refractivity contribution is 5.40. The molecule has 0 radical (unpaired) electrons. The largest absolute Gasteiger partial charge is 0.386 e. The Morgan fingerprint density at radius 3 is 2.38 bits per heavy atom. The van der Waals surface area contributed by atoms with Crippen LogP contribution in [0.5, 0.6) is 0 Å². The van der Waals surface area contributed by atoms with Gasteiger partial charge in [0.05, 0.1) is 5.60 Å². The van der Waals surface area contributed by atoms with Crippen LogP contribution in [0.25, 0.3) is 0 Å². The lowest BCUT2D eigenvalue weighted by molar-refractivity contribution is 0.0782. The van der Waals surface area contributed by atoms with Gasteiger partial charge in [-0.05, 0) is 39.2 Å². The molecule has 1 N–H and O–H groups in total. The van der Waals surface area contributed by atoms with E-state index in [1.165, 1.54) is 19.3 Å². The van der Waals surface area contributed by atoms with E-state index in [0.717, 1.165) is 24.5 Å². The molecule has 1 aromatic rings. The molecule has 0 aliphatic carbocycles. The van der Waals surface area contributed by atoms with E-state index in [-0.39, 0.29) is 0 Å². The molecule has 0 aromatic carbocycles. The summed E-state index contributed by atoms with van der Waals surface area (Å²) in [6.07, 6.45) is 5.63. The SMILES string of the molecule is CC(C)(O)c1ccc(N2CCCCC2)nc1. The standard InChI is InChI=1S/C13H20N2O/c1-13(2,16)11-6-7-12(14-10-11)15-8-4-3-5-9-15/h6-7,10,16H,3-5,8-9H2,1-2H3. The molecule has 0 amide bonds. The van der Waals surface area contributed by atoms with Gasteiger partial charge in [-0.25, -0.2) is 4.98 Å². The first-order chi connectivity index (χ1) is 7.57. The van der Waals surface area contributed by atoms with Crippen LogP contribution in [0.3, 0.4) is 0 Å². The van der Waals surface area contributed by atoms with Crippen LogP contribution in [0.1, 0.15) is 38.7 Å². The number of nitrogens with zero attached hydrogens (tertiary/aromatic N) is 2. The van der Waals surface area contributed by atoms with Crippen molar-refractivity contribution in [1.82, 2.24) is 4.98 Å². The quantitative estimate of drug-likeness (QED) is 0.830. The van der Waals surface area contributed by atoms with Crippen LogP contribution in [0.15, 0.2) is 18.3 Å². The molecule has 2 heterocycles. The molecular weight excluding hydrogens is 200 g/mol.